The van der Waals surface area contributed by atoms with Gasteiger partial charge in [0, 0.05) is 18.8 Å². The van der Waals surface area contributed by atoms with Gasteiger partial charge in [-0.15, -0.1) is 0 Å². The predicted octanol–water partition coefficient (Wildman–Crippen LogP) is 0.795. The van der Waals surface area contributed by atoms with E-state index in [1.165, 1.54) is 6.42 Å². The standard InChI is InChI=1S/C13H19N3O2/c14-11-5-6-16(13(18)15-11)10-4-3-8-1-2-9(7-17)12(8)10/h5-6,8-10,12,17H,1-4,7H2,(H2,14,15,18)/t8-,9-,10-,12+/m0/s1. The quantitative estimate of drug-likeness (QED) is 0.812. The largest absolute Gasteiger partial charge is 0.396 e. The van der Waals surface area contributed by atoms with Crippen molar-refractivity contribution < 1.29 is 5.11 Å². The molecule has 2 aliphatic rings. The molecule has 0 saturated heterocycles. The predicted molar refractivity (Wildman–Crippen MR) is 68.0 cm³/mol. The van der Waals surface area contributed by atoms with Gasteiger partial charge in [0.05, 0.1) is 0 Å². The third-order valence-corrected chi connectivity index (χ3v) is 4.72. The molecule has 1 aromatic heterocycles. The van der Waals surface area contributed by atoms with Crippen LogP contribution in [-0.4, -0.2) is 21.3 Å². The minimum Gasteiger partial charge on any atom is -0.396 e. The Hall–Kier alpha value is -1.36. The molecule has 2 saturated carbocycles. The van der Waals surface area contributed by atoms with Crippen molar-refractivity contribution in [2.75, 3.05) is 12.3 Å². The van der Waals surface area contributed by atoms with Crippen LogP contribution in [0.3, 0.4) is 0 Å². The van der Waals surface area contributed by atoms with Crippen molar-refractivity contribution in [2.24, 2.45) is 17.8 Å². The normalized spacial score (nSPS) is 34.7. The van der Waals surface area contributed by atoms with Gasteiger partial charge in [0.1, 0.15) is 5.82 Å². The molecule has 0 amide bonds. The van der Waals surface area contributed by atoms with Crippen LogP contribution in [0.4, 0.5) is 5.82 Å². The summed E-state index contributed by atoms with van der Waals surface area (Å²) in [5.41, 5.74) is 5.26. The van der Waals surface area contributed by atoms with E-state index in [0.717, 1.165) is 19.3 Å². The van der Waals surface area contributed by atoms with Gasteiger partial charge in [-0.05, 0) is 49.5 Å². The van der Waals surface area contributed by atoms with Crippen molar-refractivity contribution in [3.8, 4) is 0 Å². The van der Waals surface area contributed by atoms with E-state index in [1.807, 2.05) is 0 Å². The number of aliphatic hydroxyl groups is 1. The van der Waals surface area contributed by atoms with Crippen LogP contribution < -0.4 is 11.4 Å². The van der Waals surface area contributed by atoms with E-state index < -0.39 is 0 Å². The molecule has 3 N–H and O–H groups in total. The Morgan fingerprint density at radius 2 is 2.17 bits per heavy atom. The Morgan fingerprint density at radius 3 is 2.89 bits per heavy atom. The maximum atomic E-state index is 11.9. The second-order valence-corrected chi connectivity index (χ2v) is 5.54. The maximum Gasteiger partial charge on any atom is 0.349 e. The lowest BCUT2D eigenvalue weighted by atomic mass is 9.89. The molecule has 1 heterocycles. The monoisotopic (exact) mass is 249 g/mol. The first-order valence-corrected chi connectivity index (χ1v) is 6.66. The summed E-state index contributed by atoms with van der Waals surface area (Å²) in [5.74, 6) is 1.71. The first-order chi connectivity index (χ1) is 8.70. The van der Waals surface area contributed by atoms with Crippen LogP contribution in [0.2, 0.25) is 0 Å². The Bertz CT molecular complexity index is 499. The average molecular weight is 249 g/mol. The summed E-state index contributed by atoms with van der Waals surface area (Å²) in [6, 6.07) is 1.87. The lowest BCUT2D eigenvalue weighted by Crippen LogP contribution is -2.32. The Balaban J connectivity index is 1.94. The molecule has 0 aromatic carbocycles. The third-order valence-electron chi connectivity index (χ3n) is 4.72. The molecule has 5 nitrogen and oxygen atoms in total. The molecule has 98 valence electrons. The number of nitrogen functional groups attached to an aromatic ring is 1. The second kappa shape index (κ2) is 4.39. The highest BCUT2D eigenvalue weighted by Crippen LogP contribution is 2.52. The van der Waals surface area contributed by atoms with Crippen molar-refractivity contribution in [1.82, 2.24) is 9.55 Å². The van der Waals surface area contributed by atoms with E-state index in [1.54, 1.807) is 16.8 Å². The number of hydrogen-bond donors (Lipinski definition) is 2. The number of fused-ring (bicyclic) bond motifs is 1. The lowest BCUT2D eigenvalue weighted by molar-refractivity contribution is 0.161. The van der Waals surface area contributed by atoms with Crippen molar-refractivity contribution in [3.05, 3.63) is 22.7 Å². The zero-order valence-corrected chi connectivity index (χ0v) is 10.3. The van der Waals surface area contributed by atoms with E-state index in [0.29, 0.717) is 17.8 Å². The molecule has 0 radical (unpaired) electrons. The number of anilines is 1. The zero-order valence-electron chi connectivity index (χ0n) is 10.3. The second-order valence-electron chi connectivity index (χ2n) is 5.54. The fourth-order valence-electron chi connectivity index (χ4n) is 3.96. The minimum atomic E-state index is -0.260. The smallest absolute Gasteiger partial charge is 0.349 e. The summed E-state index contributed by atoms with van der Waals surface area (Å²) >= 11 is 0. The van der Waals surface area contributed by atoms with Gasteiger partial charge in [0.25, 0.3) is 0 Å². The van der Waals surface area contributed by atoms with Gasteiger partial charge in [0.15, 0.2) is 0 Å². The SMILES string of the molecule is Nc1ccn([C@H]2CC[C@@H]3CC[C@@H](CO)[C@@H]32)c(=O)n1. The molecule has 1 aromatic rings. The van der Waals surface area contributed by atoms with E-state index in [4.69, 9.17) is 5.73 Å². The highest BCUT2D eigenvalue weighted by molar-refractivity contribution is 5.23. The summed E-state index contributed by atoms with van der Waals surface area (Å²) in [4.78, 5) is 15.7. The highest BCUT2D eigenvalue weighted by Gasteiger charge is 2.45. The molecule has 3 rings (SSSR count). The van der Waals surface area contributed by atoms with Crippen molar-refractivity contribution in [1.29, 1.82) is 0 Å². The summed E-state index contributed by atoms with van der Waals surface area (Å²) in [7, 11) is 0. The number of aromatic nitrogens is 2. The van der Waals surface area contributed by atoms with Crippen LogP contribution in [0, 0.1) is 17.8 Å². The van der Waals surface area contributed by atoms with Crippen LogP contribution >= 0.6 is 0 Å². The number of aliphatic hydroxyl groups excluding tert-OH is 1. The van der Waals surface area contributed by atoms with Crippen LogP contribution in [0.25, 0.3) is 0 Å². The van der Waals surface area contributed by atoms with Crippen LogP contribution in [0.15, 0.2) is 17.1 Å². The molecule has 0 spiro atoms. The van der Waals surface area contributed by atoms with Gasteiger partial charge >= 0.3 is 5.69 Å². The molecule has 0 aliphatic heterocycles. The van der Waals surface area contributed by atoms with Crippen molar-refractivity contribution >= 4 is 5.82 Å². The summed E-state index contributed by atoms with van der Waals surface area (Å²) < 4.78 is 1.72. The first kappa shape index (κ1) is 11.7. The minimum absolute atomic E-state index is 0.190. The number of hydrogen-bond acceptors (Lipinski definition) is 4. The van der Waals surface area contributed by atoms with E-state index in [9.17, 15) is 9.90 Å². The van der Waals surface area contributed by atoms with E-state index in [-0.39, 0.29) is 24.2 Å². The summed E-state index contributed by atoms with van der Waals surface area (Å²) in [6.45, 7) is 0.231. The van der Waals surface area contributed by atoms with Crippen LogP contribution in [0.1, 0.15) is 31.7 Å². The molecule has 0 unspecified atom stereocenters. The third kappa shape index (κ3) is 1.73. The molecule has 4 atom stereocenters. The summed E-state index contributed by atoms with van der Waals surface area (Å²) in [5, 5.41) is 9.47. The van der Waals surface area contributed by atoms with Crippen molar-refractivity contribution in [3.63, 3.8) is 0 Å². The fourth-order valence-corrected chi connectivity index (χ4v) is 3.96. The van der Waals surface area contributed by atoms with E-state index >= 15 is 0 Å². The maximum absolute atomic E-state index is 11.9. The molecule has 2 aliphatic carbocycles. The first-order valence-electron chi connectivity index (χ1n) is 6.66. The van der Waals surface area contributed by atoms with Gasteiger partial charge in [-0.3, -0.25) is 4.57 Å². The molecule has 5 heteroatoms. The van der Waals surface area contributed by atoms with Crippen LogP contribution in [-0.2, 0) is 0 Å². The zero-order chi connectivity index (χ0) is 12.7. The van der Waals surface area contributed by atoms with Crippen LogP contribution in [0.5, 0.6) is 0 Å². The van der Waals surface area contributed by atoms with Gasteiger partial charge in [-0.1, -0.05) is 0 Å². The average Bonchev–Trinajstić information content (AvgIpc) is 2.90. The van der Waals surface area contributed by atoms with Gasteiger partial charge < -0.3 is 10.8 Å². The lowest BCUT2D eigenvalue weighted by Gasteiger charge is -2.25. The molecular formula is C13H19N3O2. The molecular weight excluding hydrogens is 230 g/mol. The topological polar surface area (TPSA) is 81.1 Å². The summed E-state index contributed by atoms with van der Waals surface area (Å²) in [6.07, 6.45) is 6.19. The Kier molecular flexibility index (Phi) is 2.86. The fraction of sp³-hybridized carbons (Fsp3) is 0.692. The Labute approximate surface area is 106 Å². The highest BCUT2D eigenvalue weighted by atomic mass is 16.3. The number of nitrogens with zero attached hydrogens (tertiary/aromatic N) is 2. The van der Waals surface area contributed by atoms with E-state index in [2.05, 4.69) is 4.98 Å². The van der Waals surface area contributed by atoms with Gasteiger partial charge in [0.2, 0.25) is 0 Å². The van der Waals surface area contributed by atoms with Gasteiger partial charge in [-0.25, -0.2) is 4.79 Å². The Morgan fingerprint density at radius 1 is 1.39 bits per heavy atom. The molecule has 18 heavy (non-hydrogen) atoms. The molecule has 2 fully saturated rings. The number of nitrogens with two attached hydrogens (primary N) is 1. The van der Waals surface area contributed by atoms with Crippen molar-refractivity contribution in [2.45, 2.75) is 31.7 Å². The number of rotatable bonds is 2. The molecule has 0 bridgehead atoms. The van der Waals surface area contributed by atoms with Gasteiger partial charge in [-0.2, -0.15) is 4.98 Å².